The molecule has 0 atom stereocenters. The summed E-state index contributed by atoms with van der Waals surface area (Å²) in [6, 6.07) is 4.00. The van der Waals surface area contributed by atoms with Gasteiger partial charge in [-0.25, -0.2) is 4.98 Å². The van der Waals surface area contributed by atoms with Crippen molar-refractivity contribution in [3.05, 3.63) is 21.6 Å². The molecule has 0 unspecified atom stereocenters. The van der Waals surface area contributed by atoms with Crippen molar-refractivity contribution < 1.29 is 4.74 Å². The van der Waals surface area contributed by atoms with Gasteiger partial charge in [-0.3, -0.25) is 0 Å². The summed E-state index contributed by atoms with van der Waals surface area (Å²) in [6.45, 7) is 0.805. The summed E-state index contributed by atoms with van der Waals surface area (Å²) in [5.41, 5.74) is 1.01. The van der Waals surface area contributed by atoms with Crippen LogP contribution in [0.4, 0.5) is 0 Å². The maximum atomic E-state index is 5.24. The number of rotatable bonds is 3. The first kappa shape index (κ1) is 10.9. The molecular formula is C10H11BrN2OS. The first-order chi connectivity index (χ1) is 7.24. The van der Waals surface area contributed by atoms with Crippen molar-refractivity contribution in [1.82, 2.24) is 10.3 Å². The molecule has 0 fully saturated rings. The van der Waals surface area contributed by atoms with Crippen molar-refractivity contribution in [3.8, 4) is 5.75 Å². The van der Waals surface area contributed by atoms with E-state index < -0.39 is 0 Å². The standard InChI is InChI=1S/C10H11BrN2OS/c1-12-5-10-13-7-3-6(11)8(14-2)4-9(7)15-10/h3-4,12H,5H2,1-2H3. The van der Waals surface area contributed by atoms with Crippen LogP contribution < -0.4 is 10.1 Å². The van der Waals surface area contributed by atoms with E-state index in [1.807, 2.05) is 19.2 Å². The minimum atomic E-state index is 0.805. The molecule has 2 rings (SSSR count). The van der Waals surface area contributed by atoms with Crippen LogP contribution in [0.2, 0.25) is 0 Å². The molecule has 1 N–H and O–H groups in total. The zero-order chi connectivity index (χ0) is 10.8. The fourth-order valence-electron chi connectivity index (χ4n) is 1.36. The van der Waals surface area contributed by atoms with Gasteiger partial charge in [0.2, 0.25) is 0 Å². The minimum absolute atomic E-state index is 0.805. The van der Waals surface area contributed by atoms with E-state index in [-0.39, 0.29) is 0 Å². The van der Waals surface area contributed by atoms with Gasteiger partial charge in [0.05, 0.1) is 21.8 Å². The lowest BCUT2D eigenvalue weighted by Gasteiger charge is -2.01. The summed E-state index contributed by atoms with van der Waals surface area (Å²) in [7, 11) is 3.59. The van der Waals surface area contributed by atoms with Crippen molar-refractivity contribution in [2.45, 2.75) is 6.54 Å². The van der Waals surface area contributed by atoms with Crippen LogP contribution in [0.1, 0.15) is 5.01 Å². The molecule has 1 heterocycles. The number of halogens is 1. The average molecular weight is 287 g/mol. The van der Waals surface area contributed by atoms with Crippen molar-refractivity contribution in [1.29, 1.82) is 0 Å². The van der Waals surface area contributed by atoms with Crippen molar-refractivity contribution in [2.24, 2.45) is 0 Å². The number of fused-ring (bicyclic) bond motifs is 1. The number of nitrogens with zero attached hydrogens (tertiary/aromatic N) is 1. The van der Waals surface area contributed by atoms with E-state index in [1.54, 1.807) is 18.4 Å². The zero-order valence-corrected chi connectivity index (χ0v) is 10.9. The number of benzene rings is 1. The van der Waals surface area contributed by atoms with E-state index in [9.17, 15) is 0 Å². The fraction of sp³-hybridized carbons (Fsp3) is 0.300. The Morgan fingerprint density at radius 3 is 3.00 bits per heavy atom. The smallest absolute Gasteiger partial charge is 0.134 e. The Bertz CT molecular complexity index is 483. The lowest BCUT2D eigenvalue weighted by molar-refractivity contribution is 0.413. The summed E-state index contributed by atoms with van der Waals surface area (Å²) < 4.78 is 7.34. The predicted molar refractivity (Wildman–Crippen MR) is 66.6 cm³/mol. The van der Waals surface area contributed by atoms with E-state index in [0.29, 0.717) is 0 Å². The van der Waals surface area contributed by atoms with Crippen LogP contribution in [-0.2, 0) is 6.54 Å². The molecule has 0 saturated heterocycles. The normalized spacial score (nSPS) is 10.9. The van der Waals surface area contributed by atoms with Gasteiger partial charge in [-0.15, -0.1) is 11.3 Å². The van der Waals surface area contributed by atoms with Gasteiger partial charge in [-0.2, -0.15) is 0 Å². The second-order valence-corrected chi connectivity index (χ2v) is 5.06. The first-order valence-corrected chi connectivity index (χ1v) is 6.13. The monoisotopic (exact) mass is 286 g/mol. The van der Waals surface area contributed by atoms with E-state index in [0.717, 1.165) is 32.0 Å². The second kappa shape index (κ2) is 4.47. The Kier molecular flexibility index (Phi) is 3.23. The Balaban J connectivity index is 2.51. The summed E-state index contributed by atoms with van der Waals surface area (Å²) in [4.78, 5) is 4.51. The van der Waals surface area contributed by atoms with E-state index in [1.165, 1.54) is 0 Å². The molecule has 1 aromatic heterocycles. The number of thiazole rings is 1. The van der Waals surface area contributed by atoms with Gasteiger partial charge < -0.3 is 10.1 Å². The summed E-state index contributed by atoms with van der Waals surface area (Å²) >= 11 is 5.14. The molecule has 2 aromatic rings. The molecule has 15 heavy (non-hydrogen) atoms. The van der Waals surface area contributed by atoms with Gasteiger partial charge in [-0.05, 0) is 29.0 Å². The third-order valence-corrected chi connectivity index (χ3v) is 3.67. The van der Waals surface area contributed by atoms with Crippen molar-refractivity contribution in [2.75, 3.05) is 14.2 Å². The molecule has 0 bridgehead atoms. The molecular weight excluding hydrogens is 276 g/mol. The number of ether oxygens (including phenoxy) is 1. The van der Waals surface area contributed by atoms with Crippen LogP contribution in [0.3, 0.4) is 0 Å². The quantitative estimate of drug-likeness (QED) is 0.942. The van der Waals surface area contributed by atoms with E-state index >= 15 is 0 Å². The molecule has 0 aliphatic rings. The molecule has 0 saturated carbocycles. The molecule has 0 radical (unpaired) electrons. The topological polar surface area (TPSA) is 34.2 Å². The van der Waals surface area contributed by atoms with Crippen LogP contribution >= 0.6 is 27.3 Å². The largest absolute Gasteiger partial charge is 0.496 e. The highest BCUT2D eigenvalue weighted by molar-refractivity contribution is 9.10. The Morgan fingerprint density at radius 1 is 1.53 bits per heavy atom. The number of nitrogens with one attached hydrogen (secondary N) is 1. The third-order valence-electron chi connectivity index (χ3n) is 2.03. The highest BCUT2D eigenvalue weighted by Gasteiger charge is 2.07. The lowest BCUT2D eigenvalue weighted by Crippen LogP contribution is -2.03. The van der Waals surface area contributed by atoms with E-state index in [4.69, 9.17) is 4.74 Å². The Labute approximate surface area is 101 Å². The second-order valence-electron chi connectivity index (χ2n) is 3.09. The summed E-state index contributed by atoms with van der Waals surface area (Å²) in [5, 5.41) is 4.18. The van der Waals surface area contributed by atoms with Gasteiger partial charge in [0, 0.05) is 12.6 Å². The van der Waals surface area contributed by atoms with Gasteiger partial charge in [0.1, 0.15) is 10.8 Å². The Hall–Kier alpha value is -0.650. The van der Waals surface area contributed by atoms with Crippen LogP contribution in [0, 0.1) is 0 Å². The SMILES string of the molecule is CNCc1nc2cc(Br)c(OC)cc2s1. The number of hydrogen-bond donors (Lipinski definition) is 1. The molecule has 0 aliphatic heterocycles. The molecule has 0 amide bonds. The van der Waals surface area contributed by atoms with E-state index in [2.05, 4.69) is 26.2 Å². The number of methoxy groups -OCH3 is 1. The number of hydrogen-bond acceptors (Lipinski definition) is 4. The first-order valence-electron chi connectivity index (χ1n) is 4.52. The average Bonchev–Trinajstić information content (AvgIpc) is 2.58. The molecule has 0 aliphatic carbocycles. The Morgan fingerprint density at radius 2 is 2.33 bits per heavy atom. The highest BCUT2D eigenvalue weighted by atomic mass is 79.9. The highest BCUT2D eigenvalue weighted by Crippen LogP contribution is 2.32. The summed E-state index contributed by atoms with van der Waals surface area (Å²) in [5.74, 6) is 0.849. The number of aromatic nitrogens is 1. The van der Waals surface area contributed by atoms with Crippen LogP contribution in [0.25, 0.3) is 10.2 Å². The summed E-state index contributed by atoms with van der Waals surface area (Å²) in [6.07, 6.45) is 0. The molecule has 5 heteroatoms. The van der Waals surface area contributed by atoms with Crippen LogP contribution in [0.5, 0.6) is 5.75 Å². The van der Waals surface area contributed by atoms with Crippen molar-refractivity contribution >= 4 is 37.5 Å². The van der Waals surface area contributed by atoms with Crippen molar-refractivity contribution in [3.63, 3.8) is 0 Å². The van der Waals surface area contributed by atoms with Gasteiger partial charge in [0.25, 0.3) is 0 Å². The van der Waals surface area contributed by atoms with Crippen LogP contribution in [-0.4, -0.2) is 19.1 Å². The predicted octanol–water partition coefficient (Wildman–Crippen LogP) is 2.79. The lowest BCUT2D eigenvalue weighted by atomic mass is 10.3. The van der Waals surface area contributed by atoms with Gasteiger partial charge >= 0.3 is 0 Å². The maximum Gasteiger partial charge on any atom is 0.134 e. The zero-order valence-electron chi connectivity index (χ0n) is 8.50. The van der Waals surface area contributed by atoms with Gasteiger partial charge in [-0.1, -0.05) is 0 Å². The fourth-order valence-corrected chi connectivity index (χ4v) is 2.84. The van der Waals surface area contributed by atoms with Gasteiger partial charge in [0.15, 0.2) is 0 Å². The third kappa shape index (κ3) is 2.14. The molecule has 0 spiro atoms. The molecule has 80 valence electrons. The molecule has 1 aromatic carbocycles. The van der Waals surface area contributed by atoms with Crippen LogP contribution in [0.15, 0.2) is 16.6 Å². The molecule has 3 nitrogen and oxygen atoms in total. The maximum absolute atomic E-state index is 5.24. The minimum Gasteiger partial charge on any atom is -0.496 e.